The van der Waals surface area contributed by atoms with Crippen molar-refractivity contribution >= 4 is 7.82 Å². The van der Waals surface area contributed by atoms with Gasteiger partial charge in [-0.15, -0.1) is 0 Å². The molecule has 5 N–H and O–H groups in total. The summed E-state index contributed by atoms with van der Waals surface area (Å²) >= 11 is 0. The molecule has 0 rings (SSSR count). The molecule has 7 heavy (non-hydrogen) atoms. The molecule has 1 radical (unpaired) electrons. The summed E-state index contributed by atoms with van der Waals surface area (Å²) < 4.78 is 8.88. The number of hydrogen-bond acceptors (Lipinski definition) is 1. The summed E-state index contributed by atoms with van der Waals surface area (Å²) in [6, 6.07) is 0. The van der Waals surface area contributed by atoms with Crippen molar-refractivity contribution in [1.29, 1.82) is 0 Å². The Balaban J connectivity index is -0.0000000800. The standard InChI is InChI=1S/Mn.H2N.H3O4P/c;;1-5(2,3)4/h;1H2;(H3,1,2,3,4)/q;-1;. The number of hydrogen-bond donors (Lipinski definition) is 3. The first-order valence-corrected chi connectivity index (χ1v) is 2.35. The molecule has 0 aromatic carbocycles. The van der Waals surface area contributed by atoms with Gasteiger partial charge in [0, 0.05) is 17.1 Å². The summed E-state index contributed by atoms with van der Waals surface area (Å²) in [7, 11) is -4.64. The van der Waals surface area contributed by atoms with Gasteiger partial charge in [0.15, 0.2) is 0 Å². The monoisotopic (exact) mass is 169 g/mol. The zero-order valence-corrected chi connectivity index (χ0v) is 5.23. The van der Waals surface area contributed by atoms with Crippen molar-refractivity contribution < 1.29 is 36.3 Å². The molecule has 0 unspecified atom stereocenters. The van der Waals surface area contributed by atoms with Gasteiger partial charge < -0.3 is 20.8 Å². The van der Waals surface area contributed by atoms with Crippen LogP contribution in [0.25, 0.3) is 6.15 Å². The van der Waals surface area contributed by atoms with Gasteiger partial charge in [-0.05, 0) is 0 Å². The maximum Gasteiger partial charge on any atom is 0.466 e. The Morgan fingerprint density at radius 3 is 1.14 bits per heavy atom. The fourth-order valence-corrected chi connectivity index (χ4v) is 0. The molecule has 7 heteroatoms. The molecule has 0 aliphatic heterocycles. The van der Waals surface area contributed by atoms with E-state index in [1.54, 1.807) is 0 Å². The topological polar surface area (TPSA) is 111 Å². The SMILES string of the molecule is O=P(O)(O)O.[Mn].[NH2-]. The average molecular weight is 169 g/mol. The largest absolute Gasteiger partial charge is 0.693 e. The Kier molecular flexibility index (Phi) is 10.6. The quantitative estimate of drug-likeness (QED) is 0.343. The summed E-state index contributed by atoms with van der Waals surface area (Å²) in [5, 5.41) is 0. The second kappa shape index (κ2) is 4.74. The summed E-state index contributed by atoms with van der Waals surface area (Å²) in [6.07, 6.45) is 0. The smallest absolute Gasteiger partial charge is 0.466 e. The van der Waals surface area contributed by atoms with Crippen LogP contribution in [-0.4, -0.2) is 14.7 Å². The molecule has 0 fully saturated rings. The first-order chi connectivity index (χ1) is 2.00. The van der Waals surface area contributed by atoms with Crippen molar-refractivity contribution in [1.82, 2.24) is 0 Å². The molecule has 0 aromatic rings. The second-order valence-corrected chi connectivity index (χ2v) is 1.54. The van der Waals surface area contributed by atoms with Gasteiger partial charge in [0.25, 0.3) is 0 Å². The fraction of sp³-hybridized carbons (Fsp3) is 0. The summed E-state index contributed by atoms with van der Waals surface area (Å²) in [6.45, 7) is 0. The van der Waals surface area contributed by atoms with Crippen LogP contribution in [0.15, 0.2) is 0 Å². The molecular weight excluding hydrogens is 164 g/mol. The number of nitrogens with two attached hydrogens (primary N) is 1. The molecule has 0 aromatic heterocycles. The van der Waals surface area contributed by atoms with Crippen LogP contribution in [0.5, 0.6) is 0 Å². The van der Waals surface area contributed by atoms with Crippen molar-refractivity contribution in [3.8, 4) is 0 Å². The summed E-state index contributed by atoms with van der Waals surface area (Å²) in [5.41, 5.74) is 0. The molecule has 5 nitrogen and oxygen atoms in total. The molecule has 0 aliphatic rings. The molecule has 47 valence electrons. The van der Waals surface area contributed by atoms with E-state index in [0.29, 0.717) is 0 Å². The van der Waals surface area contributed by atoms with Crippen LogP contribution in [0.3, 0.4) is 0 Å². The molecule has 0 aliphatic carbocycles. The zero-order chi connectivity index (χ0) is 4.50. The van der Waals surface area contributed by atoms with E-state index in [4.69, 9.17) is 19.2 Å². The average Bonchev–Trinajstić information content (AvgIpc) is 0.722. The van der Waals surface area contributed by atoms with Gasteiger partial charge in [-0.1, -0.05) is 0 Å². The normalized spacial score (nSPS) is 8.43. The summed E-state index contributed by atoms with van der Waals surface area (Å²) in [5.74, 6) is 0. The minimum Gasteiger partial charge on any atom is -0.693 e. The van der Waals surface area contributed by atoms with Crippen LogP contribution in [0.1, 0.15) is 0 Å². The van der Waals surface area contributed by atoms with Gasteiger partial charge in [0.2, 0.25) is 0 Å². The van der Waals surface area contributed by atoms with E-state index in [1.807, 2.05) is 0 Å². The van der Waals surface area contributed by atoms with Gasteiger partial charge in [-0.3, -0.25) is 0 Å². The van der Waals surface area contributed by atoms with E-state index in [0.717, 1.165) is 0 Å². The van der Waals surface area contributed by atoms with E-state index < -0.39 is 7.82 Å². The predicted octanol–water partition coefficient (Wildman–Crippen LogP) is -0.214. The van der Waals surface area contributed by atoms with Crippen molar-refractivity contribution in [2.24, 2.45) is 0 Å². The predicted molar refractivity (Wildman–Crippen MR) is 19.5 cm³/mol. The first kappa shape index (κ1) is 15.6. The van der Waals surface area contributed by atoms with E-state index in [1.165, 1.54) is 0 Å². The van der Waals surface area contributed by atoms with E-state index in [9.17, 15) is 0 Å². The number of rotatable bonds is 0. The maximum atomic E-state index is 8.88. The van der Waals surface area contributed by atoms with Gasteiger partial charge >= 0.3 is 7.82 Å². The Hall–Kier alpha value is 0.589. The van der Waals surface area contributed by atoms with Crippen LogP contribution < -0.4 is 0 Å². The van der Waals surface area contributed by atoms with E-state index in [-0.39, 0.29) is 23.2 Å². The molecule has 0 atom stereocenters. The molecule has 0 amide bonds. The van der Waals surface area contributed by atoms with Gasteiger partial charge in [0.05, 0.1) is 0 Å². The van der Waals surface area contributed by atoms with Gasteiger partial charge in [-0.25, -0.2) is 4.57 Å². The molecular formula is H5MnNO4P-. The molecule has 0 saturated heterocycles. The Bertz CT molecular complexity index is 57.8. The fourth-order valence-electron chi connectivity index (χ4n) is 0. The van der Waals surface area contributed by atoms with Crippen LogP contribution in [0, 0.1) is 0 Å². The summed E-state index contributed by atoms with van der Waals surface area (Å²) in [4.78, 5) is 21.6. The minimum atomic E-state index is -4.64. The Labute approximate surface area is 51.0 Å². The van der Waals surface area contributed by atoms with Crippen LogP contribution >= 0.6 is 7.82 Å². The molecule has 0 bridgehead atoms. The van der Waals surface area contributed by atoms with Crippen molar-refractivity contribution in [3.05, 3.63) is 6.15 Å². The number of phosphoric acid groups is 1. The van der Waals surface area contributed by atoms with Gasteiger partial charge in [-0.2, -0.15) is 0 Å². The minimum absolute atomic E-state index is 0. The molecule has 0 heterocycles. The van der Waals surface area contributed by atoms with E-state index in [2.05, 4.69) is 0 Å². The van der Waals surface area contributed by atoms with Crippen LogP contribution in [0.4, 0.5) is 0 Å². The van der Waals surface area contributed by atoms with Crippen molar-refractivity contribution in [2.75, 3.05) is 0 Å². The zero-order valence-electron chi connectivity index (χ0n) is 3.15. The first-order valence-electron chi connectivity index (χ1n) is 0.783. The molecule has 0 spiro atoms. The van der Waals surface area contributed by atoms with Crippen LogP contribution in [-0.2, 0) is 21.6 Å². The Morgan fingerprint density at radius 2 is 1.14 bits per heavy atom. The van der Waals surface area contributed by atoms with Crippen molar-refractivity contribution in [3.63, 3.8) is 0 Å². The third-order valence-corrected chi connectivity index (χ3v) is 0. The van der Waals surface area contributed by atoms with Crippen molar-refractivity contribution in [2.45, 2.75) is 0 Å². The Morgan fingerprint density at radius 1 is 1.14 bits per heavy atom. The van der Waals surface area contributed by atoms with Gasteiger partial charge in [0.1, 0.15) is 0 Å². The third kappa shape index (κ3) is 399. The van der Waals surface area contributed by atoms with E-state index >= 15 is 0 Å². The maximum absolute atomic E-state index is 8.88. The second-order valence-electron chi connectivity index (χ2n) is 0.513. The van der Waals surface area contributed by atoms with Crippen LogP contribution in [0.2, 0.25) is 0 Å². The third-order valence-electron chi connectivity index (χ3n) is 0. The molecule has 0 saturated carbocycles.